The molecule has 0 unspecified atom stereocenters. The van der Waals surface area contributed by atoms with Crippen LogP contribution in [0.3, 0.4) is 0 Å². The zero-order valence-electron chi connectivity index (χ0n) is 7.53. The van der Waals surface area contributed by atoms with Gasteiger partial charge in [-0.3, -0.25) is 9.59 Å². The second kappa shape index (κ2) is 3.08. The van der Waals surface area contributed by atoms with Gasteiger partial charge >= 0.3 is 11.9 Å². The van der Waals surface area contributed by atoms with Crippen molar-refractivity contribution < 1.29 is 23.5 Å². The molecule has 0 aromatic carbocycles. The fourth-order valence-electron chi connectivity index (χ4n) is 1.83. The van der Waals surface area contributed by atoms with Crippen LogP contribution in [0, 0.1) is 11.8 Å². The molecule has 3 atom stereocenters. The van der Waals surface area contributed by atoms with Gasteiger partial charge < -0.3 is 9.47 Å². The highest BCUT2D eigenvalue weighted by Gasteiger charge is 2.47. The standard InChI is InChI=1S/C9H9FO4/c1-13-8(11)5-3-7-6(10)2-4(5)9(12)14-7/h2,4-5,7H,3H2,1H3/t4-,5+,7-/m1/s1. The Hall–Kier alpha value is -1.39. The molecule has 2 bridgehead atoms. The molecule has 0 radical (unpaired) electrons. The van der Waals surface area contributed by atoms with Gasteiger partial charge in [-0.25, -0.2) is 4.39 Å². The number of methoxy groups -OCH3 is 1. The fourth-order valence-corrected chi connectivity index (χ4v) is 1.83. The normalized spacial score (nSPS) is 34.9. The number of halogens is 1. The molecule has 2 aliphatic heterocycles. The van der Waals surface area contributed by atoms with Crippen LogP contribution < -0.4 is 0 Å². The van der Waals surface area contributed by atoms with E-state index in [1.54, 1.807) is 0 Å². The summed E-state index contributed by atoms with van der Waals surface area (Å²) in [4.78, 5) is 22.4. The third-order valence-electron chi connectivity index (χ3n) is 2.58. The van der Waals surface area contributed by atoms with Crippen molar-refractivity contribution in [3.05, 3.63) is 11.9 Å². The molecular weight excluding hydrogens is 191 g/mol. The summed E-state index contributed by atoms with van der Waals surface area (Å²) < 4.78 is 22.3. The summed E-state index contributed by atoms with van der Waals surface area (Å²) in [6.07, 6.45) is 0.448. The van der Waals surface area contributed by atoms with Gasteiger partial charge in [-0.1, -0.05) is 0 Å². The van der Waals surface area contributed by atoms with Crippen molar-refractivity contribution >= 4 is 11.9 Å². The van der Waals surface area contributed by atoms with Gasteiger partial charge in [-0.2, -0.15) is 0 Å². The minimum absolute atomic E-state index is 0.186. The van der Waals surface area contributed by atoms with E-state index < -0.39 is 35.7 Å². The molecule has 1 aliphatic carbocycles. The molecule has 76 valence electrons. The van der Waals surface area contributed by atoms with Gasteiger partial charge in [0.15, 0.2) is 6.10 Å². The molecule has 0 aromatic heterocycles. The van der Waals surface area contributed by atoms with Crippen LogP contribution in [-0.4, -0.2) is 25.2 Å². The Labute approximate surface area is 79.7 Å². The van der Waals surface area contributed by atoms with E-state index in [9.17, 15) is 14.0 Å². The van der Waals surface area contributed by atoms with E-state index in [1.807, 2.05) is 0 Å². The Morgan fingerprint density at radius 2 is 2.43 bits per heavy atom. The maximum Gasteiger partial charge on any atom is 0.314 e. The van der Waals surface area contributed by atoms with Crippen LogP contribution in [0.15, 0.2) is 11.9 Å². The van der Waals surface area contributed by atoms with Crippen molar-refractivity contribution in [2.45, 2.75) is 12.5 Å². The number of esters is 2. The molecule has 3 aliphatic rings. The van der Waals surface area contributed by atoms with Gasteiger partial charge in [0.05, 0.1) is 18.9 Å². The lowest BCUT2D eigenvalue weighted by atomic mass is 9.79. The van der Waals surface area contributed by atoms with E-state index in [4.69, 9.17) is 4.74 Å². The van der Waals surface area contributed by atoms with Gasteiger partial charge in [0, 0.05) is 6.42 Å². The van der Waals surface area contributed by atoms with Crippen molar-refractivity contribution in [1.29, 1.82) is 0 Å². The highest BCUT2D eigenvalue weighted by atomic mass is 19.1. The third kappa shape index (κ3) is 1.20. The molecule has 1 fully saturated rings. The number of carbonyl (C=O) groups is 2. The molecule has 0 aromatic rings. The fraction of sp³-hybridized carbons (Fsp3) is 0.556. The average molecular weight is 200 g/mol. The van der Waals surface area contributed by atoms with Gasteiger partial charge in [0.25, 0.3) is 0 Å². The van der Waals surface area contributed by atoms with E-state index in [0.29, 0.717) is 0 Å². The van der Waals surface area contributed by atoms with Crippen LogP contribution in [0.4, 0.5) is 4.39 Å². The molecule has 5 heteroatoms. The number of fused-ring (bicyclic) bond motifs is 2. The zero-order chi connectivity index (χ0) is 10.3. The molecule has 2 heterocycles. The number of rotatable bonds is 1. The first-order chi connectivity index (χ1) is 6.63. The molecule has 3 rings (SSSR count). The summed E-state index contributed by atoms with van der Waals surface area (Å²) in [7, 11) is 1.25. The minimum Gasteiger partial charge on any atom is -0.469 e. The largest absolute Gasteiger partial charge is 0.469 e. The van der Waals surface area contributed by atoms with Crippen molar-refractivity contribution in [3.63, 3.8) is 0 Å². The molecule has 0 N–H and O–H groups in total. The third-order valence-corrected chi connectivity index (χ3v) is 2.58. The van der Waals surface area contributed by atoms with Crippen molar-refractivity contribution in [1.82, 2.24) is 0 Å². The van der Waals surface area contributed by atoms with Crippen LogP contribution in [0.1, 0.15) is 6.42 Å². The molecule has 0 saturated carbocycles. The quantitative estimate of drug-likeness (QED) is 0.581. The maximum absolute atomic E-state index is 13.0. The predicted octanol–water partition coefficient (Wildman–Crippen LogP) is 0.574. The topological polar surface area (TPSA) is 52.6 Å². The Bertz CT molecular complexity index is 323. The summed E-state index contributed by atoms with van der Waals surface area (Å²) >= 11 is 0. The Kier molecular flexibility index (Phi) is 2.02. The zero-order valence-corrected chi connectivity index (χ0v) is 7.53. The number of ether oxygens (including phenoxy) is 2. The minimum atomic E-state index is -0.892. The van der Waals surface area contributed by atoms with Crippen molar-refractivity contribution in [3.8, 4) is 0 Å². The smallest absolute Gasteiger partial charge is 0.314 e. The van der Waals surface area contributed by atoms with Crippen LogP contribution in [0.2, 0.25) is 0 Å². The van der Waals surface area contributed by atoms with Crippen LogP contribution >= 0.6 is 0 Å². The molecule has 0 spiro atoms. The first kappa shape index (κ1) is 9.18. The lowest BCUT2D eigenvalue weighted by Gasteiger charge is -2.35. The summed E-state index contributed by atoms with van der Waals surface area (Å²) in [5.41, 5.74) is 0. The first-order valence-electron chi connectivity index (χ1n) is 4.29. The number of hydrogen-bond acceptors (Lipinski definition) is 4. The number of carbonyl (C=O) groups excluding carboxylic acids is 2. The Morgan fingerprint density at radius 1 is 1.71 bits per heavy atom. The average Bonchev–Trinajstić information content (AvgIpc) is 2.18. The van der Waals surface area contributed by atoms with Gasteiger partial charge in [-0.05, 0) is 6.08 Å². The van der Waals surface area contributed by atoms with E-state index in [1.165, 1.54) is 7.11 Å². The lowest BCUT2D eigenvalue weighted by molar-refractivity contribution is -0.172. The Balaban J connectivity index is 2.27. The van der Waals surface area contributed by atoms with Gasteiger partial charge in [0.2, 0.25) is 0 Å². The summed E-state index contributed by atoms with van der Waals surface area (Å²) in [5.74, 6) is -2.90. The van der Waals surface area contributed by atoms with E-state index in [-0.39, 0.29) is 6.42 Å². The second-order valence-corrected chi connectivity index (χ2v) is 3.37. The summed E-state index contributed by atoms with van der Waals surface area (Å²) in [6, 6.07) is 0. The SMILES string of the molecule is COC(=O)[C@H]1C[C@H]2OC(=O)[C@@H]1C=C2F. The molecule has 1 saturated heterocycles. The predicted molar refractivity (Wildman–Crippen MR) is 42.7 cm³/mol. The highest BCUT2D eigenvalue weighted by molar-refractivity contribution is 5.86. The van der Waals surface area contributed by atoms with Crippen molar-refractivity contribution in [2.75, 3.05) is 7.11 Å². The Morgan fingerprint density at radius 3 is 3.00 bits per heavy atom. The lowest BCUT2D eigenvalue weighted by Crippen LogP contribution is -2.45. The number of hydrogen-bond donors (Lipinski definition) is 0. The van der Waals surface area contributed by atoms with Crippen LogP contribution in [0.25, 0.3) is 0 Å². The second-order valence-electron chi connectivity index (χ2n) is 3.37. The van der Waals surface area contributed by atoms with E-state index in [0.717, 1.165) is 6.08 Å². The molecule has 4 nitrogen and oxygen atoms in total. The van der Waals surface area contributed by atoms with Gasteiger partial charge in [-0.15, -0.1) is 0 Å². The maximum atomic E-state index is 13.0. The van der Waals surface area contributed by atoms with E-state index >= 15 is 0 Å². The first-order valence-corrected chi connectivity index (χ1v) is 4.29. The molecule has 14 heavy (non-hydrogen) atoms. The highest BCUT2D eigenvalue weighted by Crippen LogP contribution is 2.38. The van der Waals surface area contributed by atoms with E-state index in [2.05, 4.69) is 4.74 Å². The summed E-state index contributed by atoms with van der Waals surface area (Å²) in [5, 5.41) is 0. The summed E-state index contributed by atoms with van der Waals surface area (Å²) in [6.45, 7) is 0. The molecule has 0 amide bonds. The monoisotopic (exact) mass is 200 g/mol. The van der Waals surface area contributed by atoms with Crippen LogP contribution in [-0.2, 0) is 19.1 Å². The molecular formula is C9H9FO4. The van der Waals surface area contributed by atoms with Crippen molar-refractivity contribution in [2.24, 2.45) is 11.8 Å². The van der Waals surface area contributed by atoms with Crippen LogP contribution in [0.5, 0.6) is 0 Å². The van der Waals surface area contributed by atoms with Gasteiger partial charge in [0.1, 0.15) is 5.83 Å².